The van der Waals surface area contributed by atoms with Crippen LogP contribution < -0.4 is 5.73 Å². The van der Waals surface area contributed by atoms with Crippen LogP contribution in [0.4, 0.5) is 0 Å². The Bertz CT molecular complexity index is 601. The minimum absolute atomic E-state index is 0.126. The van der Waals surface area contributed by atoms with E-state index in [4.69, 9.17) is 10.5 Å². The van der Waals surface area contributed by atoms with Crippen molar-refractivity contribution in [1.29, 1.82) is 0 Å². The van der Waals surface area contributed by atoms with Gasteiger partial charge in [-0.2, -0.15) is 0 Å². The lowest BCUT2D eigenvalue weighted by molar-refractivity contribution is -0.152. The molecule has 0 saturated carbocycles. The number of carbonyl (C=O) groups is 2. The van der Waals surface area contributed by atoms with Crippen molar-refractivity contribution in [1.82, 2.24) is 0 Å². The summed E-state index contributed by atoms with van der Waals surface area (Å²) in [6.45, 7) is 0. The zero-order valence-electron chi connectivity index (χ0n) is 11.3. The number of benzene rings is 2. The average molecular weight is 301 g/mol. The summed E-state index contributed by atoms with van der Waals surface area (Å²) in [6, 6.07) is 18.2. The number of ether oxygens (including phenoxy) is 1. The topological polar surface area (TPSA) is 69.4 Å². The van der Waals surface area contributed by atoms with Gasteiger partial charge < -0.3 is 10.5 Å². The smallest absolute Gasteiger partial charge is 0.317 e. The summed E-state index contributed by atoms with van der Waals surface area (Å²) in [7, 11) is 0. The molecule has 1 unspecified atom stereocenters. The summed E-state index contributed by atoms with van der Waals surface area (Å²) < 4.78 is 5.19. The lowest BCUT2D eigenvalue weighted by Crippen LogP contribution is -2.26. The molecule has 0 spiro atoms. The fourth-order valence-electron chi connectivity index (χ4n) is 1.74. The number of primary amides is 1. The molecule has 5 heteroatoms. The highest BCUT2D eigenvalue weighted by molar-refractivity contribution is 8.00. The average Bonchev–Trinajstić information content (AvgIpc) is 2.52. The van der Waals surface area contributed by atoms with Gasteiger partial charge in [0, 0.05) is 10.5 Å². The predicted molar refractivity (Wildman–Crippen MR) is 81.6 cm³/mol. The maximum Gasteiger partial charge on any atom is 0.317 e. The van der Waals surface area contributed by atoms with Gasteiger partial charge in [0.15, 0.2) is 0 Å². The van der Waals surface area contributed by atoms with E-state index in [1.165, 1.54) is 11.8 Å². The van der Waals surface area contributed by atoms with Crippen molar-refractivity contribution in [3.05, 3.63) is 66.2 Å². The molecule has 0 heterocycles. The summed E-state index contributed by atoms with van der Waals surface area (Å²) in [4.78, 5) is 24.3. The van der Waals surface area contributed by atoms with Crippen LogP contribution in [0, 0.1) is 0 Å². The molecule has 108 valence electrons. The Balaban J connectivity index is 1.95. The second-order valence-electron chi connectivity index (χ2n) is 4.28. The molecule has 2 rings (SSSR count). The zero-order chi connectivity index (χ0) is 15.1. The van der Waals surface area contributed by atoms with Gasteiger partial charge in [0.2, 0.25) is 6.10 Å². The highest BCUT2D eigenvalue weighted by atomic mass is 32.2. The maximum atomic E-state index is 11.9. The molecule has 2 N–H and O–H groups in total. The molecule has 1 amide bonds. The fourth-order valence-corrected chi connectivity index (χ4v) is 2.44. The Morgan fingerprint density at radius 3 is 2.14 bits per heavy atom. The van der Waals surface area contributed by atoms with Crippen LogP contribution >= 0.6 is 11.8 Å². The summed E-state index contributed by atoms with van der Waals surface area (Å²) in [5, 5.41) is 0. The molecule has 0 radical (unpaired) electrons. The van der Waals surface area contributed by atoms with Crippen LogP contribution in [-0.4, -0.2) is 17.6 Å². The molecule has 0 fully saturated rings. The number of rotatable bonds is 6. The summed E-state index contributed by atoms with van der Waals surface area (Å²) in [6.07, 6.45) is -1.05. The minimum atomic E-state index is -1.05. The van der Waals surface area contributed by atoms with Gasteiger partial charge in [-0.3, -0.25) is 9.59 Å². The molecule has 2 aromatic rings. The molecule has 2 aromatic carbocycles. The highest BCUT2D eigenvalue weighted by Crippen LogP contribution is 2.20. The van der Waals surface area contributed by atoms with E-state index in [0.717, 1.165) is 4.90 Å². The molecular formula is C16H15NO3S. The van der Waals surface area contributed by atoms with E-state index < -0.39 is 18.0 Å². The summed E-state index contributed by atoms with van der Waals surface area (Å²) >= 11 is 1.35. The van der Waals surface area contributed by atoms with E-state index in [9.17, 15) is 9.59 Å². The van der Waals surface area contributed by atoms with Crippen molar-refractivity contribution < 1.29 is 14.3 Å². The van der Waals surface area contributed by atoms with Crippen LogP contribution in [0.5, 0.6) is 0 Å². The second-order valence-corrected chi connectivity index (χ2v) is 5.33. The normalized spacial score (nSPS) is 11.6. The van der Waals surface area contributed by atoms with Crippen LogP contribution in [0.2, 0.25) is 0 Å². The molecule has 0 bridgehead atoms. The summed E-state index contributed by atoms with van der Waals surface area (Å²) in [5.41, 5.74) is 5.87. The zero-order valence-corrected chi connectivity index (χ0v) is 12.1. The van der Waals surface area contributed by atoms with Gasteiger partial charge in [0.1, 0.15) is 0 Å². The second kappa shape index (κ2) is 7.50. The molecule has 21 heavy (non-hydrogen) atoms. The van der Waals surface area contributed by atoms with Crippen molar-refractivity contribution >= 4 is 23.6 Å². The summed E-state index contributed by atoms with van der Waals surface area (Å²) in [5.74, 6) is -1.03. The van der Waals surface area contributed by atoms with Gasteiger partial charge in [-0.15, -0.1) is 11.8 Å². The molecule has 1 atom stereocenters. The number of thioether (sulfide) groups is 1. The van der Waals surface area contributed by atoms with Crippen molar-refractivity contribution in [3.8, 4) is 0 Å². The molecule has 0 aliphatic heterocycles. The number of amides is 1. The van der Waals surface area contributed by atoms with Crippen LogP contribution in [0.15, 0.2) is 65.6 Å². The van der Waals surface area contributed by atoms with Crippen LogP contribution in [-0.2, 0) is 14.3 Å². The van der Waals surface area contributed by atoms with Gasteiger partial charge in [0.25, 0.3) is 5.91 Å². The van der Waals surface area contributed by atoms with E-state index in [2.05, 4.69) is 0 Å². The van der Waals surface area contributed by atoms with Crippen LogP contribution in [0.1, 0.15) is 11.7 Å². The minimum Gasteiger partial charge on any atom is -0.447 e. The third-order valence-electron chi connectivity index (χ3n) is 2.71. The van der Waals surface area contributed by atoms with Gasteiger partial charge in [-0.1, -0.05) is 48.5 Å². The number of hydrogen-bond acceptors (Lipinski definition) is 4. The van der Waals surface area contributed by atoms with E-state index >= 15 is 0 Å². The molecule has 0 saturated heterocycles. The Hall–Kier alpha value is -2.27. The highest BCUT2D eigenvalue weighted by Gasteiger charge is 2.22. The molecule has 0 aliphatic rings. The first kappa shape index (κ1) is 15.1. The molecular weight excluding hydrogens is 286 g/mol. The standard InChI is InChI=1S/C16H15NO3S/c17-16(19)15(12-7-3-1-4-8-12)20-14(18)11-21-13-9-5-2-6-10-13/h1-10,15H,11H2,(H2,17,19). The Morgan fingerprint density at radius 2 is 1.57 bits per heavy atom. The van der Waals surface area contributed by atoms with Crippen molar-refractivity contribution in [2.24, 2.45) is 5.73 Å². The largest absolute Gasteiger partial charge is 0.447 e. The quantitative estimate of drug-likeness (QED) is 0.657. The SMILES string of the molecule is NC(=O)C(OC(=O)CSc1ccccc1)c1ccccc1. The Labute approximate surface area is 127 Å². The molecule has 0 aromatic heterocycles. The van der Waals surface area contributed by atoms with E-state index in [0.29, 0.717) is 5.56 Å². The number of hydrogen-bond donors (Lipinski definition) is 1. The molecule has 4 nitrogen and oxygen atoms in total. The fraction of sp³-hybridized carbons (Fsp3) is 0.125. The first-order chi connectivity index (χ1) is 10.2. The van der Waals surface area contributed by atoms with Gasteiger partial charge in [0.05, 0.1) is 5.75 Å². The first-order valence-electron chi connectivity index (χ1n) is 6.38. The monoisotopic (exact) mass is 301 g/mol. The van der Waals surface area contributed by atoms with E-state index in [1.807, 2.05) is 36.4 Å². The lowest BCUT2D eigenvalue weighted by Gasteiger charge is -2.14. The third-order valence-corrected chi connectivity index (χ3v) is 3.70. The predicted octanol–water partition coefficient (Wildman–Crippen LogP) is 2.55. The maximum absolute atomic E-state index is 11.9. The van der Waals surface area contributed by atoms with Crippen LogP contribution in [0.3, 0.4) is 0 Å². The first-order valence-corrected chi connectivity index (χ1v) is 7.37. The van der Waals surface area contributed by atoms with E-state index in [-0.39, 0.29) is 5.75 Å². The Kier molecular flexibility index (Phi) is 5.40. The van der Waals surface area contributed by atoms with Crippen molar-refractivity contribution in [2.75, 3.05) is 5.75 Å². The third kappa shape index (κ3) is 4.65. The van der Waals surface area contributed by atoms with Gasteiger partial charge in [-0.25, -0.2) is 0 Å². The number of esters is 1. The lowest BCUT2D eigenvalue weighted by atomic mass is 10.1. The Morgan fingerprint density at radius 1 is 1.00 bits per heavy atom. The van der Waals surface area contributed by atoms with Gasteiger partial charge in [-0.05, 0) is 12.1 Å². The number of carbonyl (C=O) groups excluding carboxylic acids is 2. The van der Waals surface area contributed by atoms with Crippen molar-refractivity contribution in [2.45, 2.75) is 11.0 Å². The van der Waals surface area contributed by atoms with Gasteiger partial charge >= 0.3 is 5.97 Å². The van der Waals surface area contributed by atoms with Crippen LogP contribution in [0.25, 0.3) is 0 Å². The van der Waals surface area contributed by atoms with E-state index in [1.54, 1.807) is 24.3 Å². The number of nitrogens with two attached hydrogens (primary N) is 1. The molecule has 0 aliphatic carbocycles. The van der Waals surface area contributed by atoms with Crippen molar-refractivity contribution in [3.63, 3.8) is 0 Å².